The summed E-state index contributed by atoms with van der Waals surface area (Å²) in [4.78, 5) is 19.0. The maximum Gasteiger partial charge on any atom is 0.240 e. The van der Waals surface area contributed by atoms with Crippen LogP contribution in [0.3, 0.4) is 0 Å². The van der Waals surface area contributed by atoms with E-state index in [0.717, 1.165) is 17.5 Å². The Hall–Kier alpha value is -2.53. The van der Waals surface area contributed by atoms with Crippen molar-refractivity contribution in [2.45, 2.75) is 26.4 Å². The van der Waals surface area contributed by atoms with Crippen LogP contribution in [0.15, 0.2) is 29.4 Å². The molecule has 0 aliphatic rings. The average Bonchev–Trinajstić information content (AvgIpc) is 2.81. The number of nitrogens with zero attached hydrogens (tertiary/aromatic N) is 5. The highest BCUT2D eigenvalue weighted by Crippen LogP contribution is 2.16. The molecule has 2 rings (SSSR count). The second kappa shape index (κ2) is 6.58. The molecule has 0 bridgehead atoms. The van der Waals surface area contributed by atoms with Gasteiger partial charge in [-0.15, -0.1) is 0 Å². The number of amides is 1. The van der Waals surface area contributed by atoms with Gasteiger partial charge in [0, 0.05) is 11.5 Å². The predicted molar refractivity (Wildman–Crippen MR) is 75.9 cm³/mol. The van der Waals surface area contributed by atoms with Crippen LogP contribution in [0, 0.1) is 0 Å². The monoisotopic (exact) mass is 272 g/mol. The maximum atomic E-state index is 11.9. The number of nitrogens with one attached hydrogen (secondary N) is 1. The van der Waals surface area contributed by atoms with Gasteiger partial charge in [0.1, 0.15) is 12.4 Å². The Morgan fingerprint density at radius 1 is 1.50 bits per heavy atom. The summed E-state index contributed by atoms with van der Waals surface area (Å²) in [5, 5.41) is 6.36. The van der Waals surface area contributed by atoms with E-state index >= 15 is 0 Å². The van der Waals surface area contributed by atoms with Crippen LogP contribution in [0.4, 0.5) is 0 Å². The molecule has 20 heavy (non-hydrogen) atoms. The number of hydrogen-bond acceptors (Lipinski definition) is 3. The topological polar surface area (TPSA) is 95.7 Å². The summed E-state index contributed by atoms with van der Waals surface area (Å²) < 4.78 is 1.79. The fourth-order valence-electron chi connectivity index (χ4n) is 1.98. The summed E-state index contributed by atoms with van der Waals surface area (Å²) in [5.41, 5.74) is 10.1. The molecule has 7 heteroatoms. The van der Waals surface area contributed by atoms with E-state index in [9.17, 15) is 4.79 Å². The van der Waals surface area contributed by atoms with Gasteiger partial charge in [-0.25, -0.2) is 4.98 Å². The Labute approximate surface area is 116 Å². The fraction of sp³-hybridized carbons (Fsp3) is 0.385. The van der Waals surface area contributed by atoms with Crippen LogP contribution in [-0.4, -0.2) is 22.0 Å². The summed E-state index contributed by atoms with van der Waals surface area (Å²) in [5.74, 6) is 0.521. The van der Waals surface area contributed by atoms with Crippen LogP contribution in [0.5, 0.6) is 0 Å². The van der Waals surface area contributed by atoms with Crippen molar-refractivity contribution in [1.82, 2.24) is 14.9 Å². The van der Waals surface area contributed by atoms with Crippen molar-refractivity contribution in [2.24, 2.45) is 5.11 Å². The van der Waals surface area contributed by atoms with Crippen molar-refractivity contribution in [2.75, 3.05) is 6.54 Å². The molecule has 1 aromatic carbocycles. The van der Waals surface area contributed by atoms with Crippen LogP contribution >= 0.6 is 0 Å². The average molecular weight is 272 g/mol. The molecule has 0 radical (unpaired) electrons. The number of benzene rings is 1. The van der Waals surface area contributed by atoms with E-state index in [0.29, 0.717) is 12.4 Å². The number of carbonyl (C=O) groups is 1. The molecule has 0 atom stereocenters. The molecular formula is C13H16N6O. The van der Waals surface area contributed by atoms with E-state index in [1.54, 1.807) is 4.57 Å². The third kappa shape index (κ3) is 3.07. The lowest BCUT2D eigenvalue weighted by Gasteiger charge is -2.08. The first-order chi connectivity index (χ1) is 9.76. The Morgan fingerprint density at radius 2 is 2.30 bits per heavy atom. The molecule has 1 amide bonds. The molecule has 0 spiro atoms. The summed E-state index contributed by atoms with van der Waals surface area (Å²) >= 11 is 0. The second-order valence-corrected chi connectivity index (χ2v) is 4.34. The van der Waals surface area contributed by atoms with Gasteiger partial charge in [-0.05, 0) is 24.1 Å². The molecule has 1 aromatic heterocycles. The van der Waals surface area contributed by atoms with Gasteiger partial charge < -0.3 is 9.88 Å². The van der Waals surface area contributed by atoms with Crippen molar-refractivity contribution < 1.29 is 4.79 Å². The summed E-state index contributed by atoms with van der Waals surface area (Å²) in [7, 11) is 0. The molecule has 7 nitrogen and oxygen atoms in total. The van der Waals surface area contributed by atoms with E-state index in [1.807, 2.05) is 31.2 Å². The number of rotatable bonds is 6. The molecule has 0 fully saturated rings. The number of fused-ring (bicyclic) bond motifs is 1. The lowest BCUT2D eigenvalue weighted by Crippen LogP contribution is -2.28. The lowest BCUT2D eigenvalue weighted by molar-refractivity contribution is -0.121. The summed E-state index contributed by atoms with van der Waals surface area (Å²) in [6.45, 7) is 2.96. The first-order valence-electron chi connectivity index (χ1n) is 6.48. The zero-order valence-corrected chi connectivity index (χ0v) is 11.3. The molecule has 2 aromatic rings. The quantitative estimate of drug-likeness (QED) is 0.496. The number of hydrogen-bond donors (Lipinski definition) is 1. The molecule has 0 unspecified atom stereocenters. The molecule has 0 aliphatic heterocycles. The summed E-state index contributed by atoms with van der Waals surface area (Å²) in [6.07, 6.45) is 0.891. The number of aromatic nitrogens is 2. The van der Waals surface area contributed by atoms with E-state index < -0.39 is 0 Å². The minimum absolute atomic E-state index is 0.0720. The fourth-order valence-corrected chi connectivity index (χ4v) is 1.98. The molecule has 0 saturated heterocycles. The van der Waals surface area contributed by atoms with Crippen LogP contribution in [-0.2, 0) is 17.9 Å². The van der Waals surface area contributed by atoms with Gasteiger partial charge in [0.25, 0.3) is 0 Å². The van der Waals surface area contributed by atoms with Gasteiger partial charge in [0.15, 0.2) is 0 Å². The zero-order chi connectivity index (χ0) is 14.4. The van der Waals surface area contributed by atoms with Crippen molar-refractivity contribution in [3.8, 4) is 0 Å². The zero-order valence-electron chi connectivity index (χ0n) is 11.3. The number of para-hydroxylation sites is 2. The van der Waals surface area contributed by atoms with Crippen molar-refractivity contribution in [3.05, 3.63) is 40.5 Å². The molecular weight excluding hydrogens is 256 g/mol. The Kier molecular flexibility index (Phi) is 4.57. The second-order valence-electron chi connectivity index (χ2n) is 4.34. The largest absolute Gasteiger partial charge is 0.355 e. The van der Waals surface area contributed by atoms with E-state index in [-0.39, 0.29) is 19.0 Å². The molecule has 1 N–H and O–H groups in total. The maximum absolute atomic E-state index is 11.9. The van der Waals surface area contributed by atoms with Gasteiger partial charge in [0.2, 0.25) is 5.91 Å². The van der Waals surface area contributed by atoms with Crippen LogP contribution in [0.2, 0.25) is 0 Å². The number of imidazole rings is 1. The highest BCUT2D eigenvalue weighted by Gasteiger charge is 2.12. The third-order valence-electron chi connectivity index (χ3n) is 2.88. The Morgan fingerprint density at radius 3 is 3.05 bits per heavy atom. The van der Waals surface area contributed by atoms with Gasteiger partial charge in [-0.2, -0.15) is 0 Å². The Bertz CT molecular complexity index is 656. The first-order valence-corrected chi connectivity index (χ1v) is 6.48. The number of carbonyl (C=O) groups excluding carboxylic acids is 1. The third-order valence-corrected chi connectivity index (χ3v) is 2.88. The first kappa shape index (κ1) is 13.9. The van der Waals surface area contributed by atoms with Crippen molar-refractivity contribution >= 4 is 16.9 Å². The minimum Gasteiger partial charge on any atom is -0.355 e. The van der Waals surface area contributed by atoms with Crippen molar-refractivity contribution in [3.63, 3.8) is 0 Å². The highest BCUT2D eigenvalue weighted by molar-refractivity contribution is 5.81. The predicted octanol–water partition coefficient (Wildman–Crippen LogP) is 2.37. The van der Waals surface area contributed by atoms with Gasteiger partial charge in [-0.3, -0.25) is 4.79 Å². The summed E-state index contributed by atoms with van der Waals surface area (Å²) in [6, 6.07) is 7.54. The van der Waals surface area contributed by atoms with Crippen LogP contribution < -0.4 is 5.32 Å². The van der Waals surface area contributed by atoms with Crippen LogP contribution in [0.1, 0.15) is 19.2 Å². The minimum atomic E-state index is -0.0720. The smallest absolute Gasteiger partial charge is 0.240 e. The highest BCUT2D eigenvalue weighted by atomic mass is 16.1. The lowest BCUT2D eigenvalue weighted by atomic mass is 10.3. The van der Waals surface area contributed by atoms with Crippen molar-refractivity contribution in [1.29, 1.82) is 0 Å². The normalized spacial score (nSPS) is 10.2. The number of azide groups is 1. The van der Waals surface area contributed by atoms with E-state index in [4.69, 9.17) is 5.53 Å². The molecule has 104 valence electrons. The van der Waals surface area contributed by atoms with Crippen LogP contribution in [0.25, 0.3) is 21.5 Å². The van der Waals surface area contributed by atoms with Gasteiger partial charge in [-0.1, -0.05) is 24.2 Å². The Balaban J connectivity index is 2.32. The van der Waals surface area contributed by atoms with Gasteiger partial charge in [0.05, 0.1) is 17.6 Å². The van der Waals surface area contributed by atoms with E-state index in [1.165, 1.54) is 0 Å². The van der Waals surface area contributed by atoms with E-state index in [2.05, 4.69) is 20.3 Å². The standard InChI is InChI=1S/C13H16N6O/c1-2-7-15-13(20)9-19-11-6-4-3-5-10(11)17-12(19)8-16-18-14/h3-6H,2,7-9H2,1H3,(H,15,20). The van der Waals surface area contributed by atoms with Gasteiger partial charge >= 0.3 is 0 Å². The molecule has 0 saturated carbocycles. The molecule has 1 heterocycles. The molecule has 0 aliphatic carbocycles. The SMILES string of the molecule is CCCNC(=O)Cn1c(CN=[N+]=[N-])nc2ccccc21.